The van der Waals surface area contributed by atoms with Crippen molar-refractivity contribution in [3.8, 4) is 17.2 Å². The zero-order chi connectivity index (χ0) is 25.6. The molecule has 0 saturated carbocycles. The molecule has 1 N–H and O–H groups in total. The molecule has 3 aromatic rings. The minimum atomic E-state index is -4.58. The van der Waals surface area contributed by atoms with Crippen LogP contribution >= 0.6 is 0 Å². The Morgan fingerprint density at radius 1 is 1.17 bits per heavy atom. The average Bonchev–Trinajstić information content (AvgIpc) is 2.83. The molecule has 0 aliphatic rings. The van der Waals surface area contributed by atoms with Crippen LogP contribution < -0.4 is 10.7 Å². The van der Waals surface area contributed by atoms with Crippen molar-refractivity contribution < 1.29 is 22.7 Å². The van der Waals surface area contributed by atoms with Crippen molar-refractivity contribution in [2.75, 3.05) is 20.3 Å². The van der Waals surface area contributed by atoms with Crippen LogP contribution in [-0.4, -0.2) is 30.7 Å². The standard InChI is InChI=1S/C26H24F3N3O3/c1-17-23(20-5-3-6-21(13-20)26(27,28)29)24(33)22(25(34)31-11-4-12-35-2)16-32(17)15-19-9-7-18(14-30)8-10-19/h3,5-10,13,16H,4,11-12,15H2,1-2H3,(H,31,34). The first-order chi connectivity index (χ1) is 16.7. The number of benzene rings is 2. The molecule has 9 heteroatoms. The predicted molar refractivity (Wildman–Crippen MR) is 125 cm³/mol. The van der Waals surface area contributed by atoms with Gasteiger partial charge in [-0.1, -0.05) is 24.3 Å². The van der Waals surface area contributed by atoms with Crippen LogP contribution in [0.1, 0.15) is 39.2 Å². The van der Waals surface area contributed by atoms with E-state index in [0.29, 0.717) is 24.3 Å². The molecule has 0 radical (unpaired) electrons. The van der Waals surface area contributed by atoms with E-state index in [1.165, 1.54) is 25.4 Å². The van der Waals surface area contributed by atoms with Crippen LogP contribution in [0.4, 0.5) is 13.2 Å². The van der Waals surface area contributed by atoms with Gasteiger partial charge >= 0.3 is 6.18 Å². The molecule has 1 heterocycles. The second kappa shape index (κ2) is 11.0. The van der Waals surface area contributed by atoms with E-state index in [0.717, 1.165) is 17.7 Å². The molecule has 6 nitrogen and oxygen atoms in total. The summed E-state index contributed by atoms with van der Waals surface area (Å²) < 4.78 is 46.6. The highest BCUT2D eigenvalue weighted by atomic mass is 19.4. The molecule has 0 spiro atoms. The van der Waals surface area contributed by atoms with Crippen LogP contribution in [0.15, 0.2) is 59.5 Å². The molecule has 182 valence electrons. The number of carbonyl (C=O) groups excluding carboxylic acids is 1. The topological polar surface area (TPSA) is 84.1 Å². The molecule has 0 fully saturated rings. The molecule has 0 unspecified atom stereocenters. The lowest BCUT2D eigenvalue weighted by atomic mass is 9.98. The molecule has 0 aliphatic heterocycles. The predicted octanol–water partition coefficient (Wildman–Crippen LogP) is 4.53. The number of pyridine rings is 1. The first-order valence-corrected chi connectivity index (χ1v) is 10.8. The number of rotatable bonds is 8. The summed E-state index contributed by atoms with van der Waals surface area (Å²) in [5.74, 6) is -0.618. The number of nitriles is 1. The fraction of sp³-hybridized carbons (Fsp3) is 0.269. The van der Waals surface area contributed by atoms with Gasteiger partial charge in [-0.3, -0.25) is 9.59 Å². The summed E-state index contributed by atoms with van der Waals surface area (Å²) >= 11 is 0. The molecule has 1 amide bonds. The molecule has 0 aliphatic carbocycles. The number of nitrogens with one attached hydrogen (secondary N) is 1. The number of carbonyl (C=O) groups is 1. The van der Waals surface area contributed by atoms with Crippen LogP contribution in [0, 0.1) is 18.3 Å². The molecule has 1 aromatic heterocycles. The molecule has 3 rings (SSSR count). The quantitative estimate of drug-likeness (QED) is 0.477. The van der Waals surface area contributed by atoms with Gasteiger partial charge in [0, 0.05) is 44.3 Å². The molecular formula is C26H24F3N3O3. The van der Waals surface area contributed by atoms with Gasteiger partial charge in [0.1, 0.15) is 5.56 Å². The second-order valence-electron chi connectivity index (χ2n) is 7.95. The summed E-state index contributed by atoms with van der Waals surface area (Å²) in [4.78, 5) is 26.2. The van der Waals surface area contributed by atoms with Gasteiger partial charge in [0.15, 0.2) is 0 Å². The third-order valence-electron chi connectivity index (χ3n) is 5.52. The summed E-state index contributed by atoms with van der Waals surface area (Å²) in [5.41, 5.74) is 0.0651. The van der Waals surface area contributed by atoms with Crippen LogP contribution in [-0.2, 0) is 17.5 Å². The normalized spacial score (nSPS) is 11.2. The highest BCUT2D eigenvalue weighted by molar-refractivity contribution is 5.95. The minimum absolute atomic E-state index is 0.0225. The molecule has 0 bridgehead atoms. The first-order valence-electron chi connectivity index (χ1n) is 10.8. The van der Waals surface area contributed by atoms with E-state index in [1.807, 2.05) is 6.07 Å². The Morgan fingerprint density at radius 2 is 1.89 bits per heavy atom. The van der Waals surface area contributed by atoms with Gasteiger partial charge in [-0.05, 0) is 48.7 Å². The maximum Gasteiger partial charge on any atom is 0.416 e. The summed E-state index contributed by atoms with van der Waals surface area (Å²) in [7, 11) is 1.53. The van der Waals surface area contributed by atoms with Gasteiger partial charge in [-0.15, -0.1) is 0 Å². The van der Waals surface area contributed by atoms with Crippen molar-refractivity contribution in [2.24, 2.45) is 0 Å². The van der Waals surface area contributed by atoms with Crippen molar-refractivity contribution in [1.82, 2.24) is 9.88 Å². The fourth-order valence-electron chi connectivity index (χ4n) is 3.67. The van der Waals surface area contributed by atoms with Gasteiger partial charge in [0.2, 0.25) is 5.43 Å². The first kappa shape index (κ1) is 25.7. The van der Waals surface area contributed by atoms with E-state index in [-0.39, 0.29) is 29.8 Å². The second-order valence-corrected chi connectivity index (χ2v) is 7.95. The number of hydrogen-bond donors (Lipinski definition) is 1. The summed E-state index contributed by atoms with van der Waals surface area (Å²) in [5, 5.41) is 11.7. The highest BCUT2D eigenvalue weighted by Crippen LogP contribution is 2.32. The monoisotopic (exact) mass is 483 g/mol. The van der Waals surface area contributed by atoms with E-state index in [9.17, 15) is 22.8 Å². The van der Waals surface area contributed by atoms with Gasteiger partial charge in [0.05, 0.1) is 17.2 Å². The van der Waals surface area contributed by atoms with E-state index in [4.69, 9.17) is 10.00 Å². The summed E-state index contributed by atoms with van der Waals surface area (Å²) in [6.45, 7) is 2.57. The largest absolute Gasteiger partial charge is 0.416 e. The molecule has 35 heavy (non-hydrogen) atoms. The van der Waals surface area contributed by atoms with E-state index >= 15 is 0 Å². The van der Waals surface area contributed by atoms with Crippen molar-refractivity contribution in [2.45, 2.75) is 26.1 Å². The number of methoxy groups -OCH3 is 1. The van der Waals surface area contributed by atoms with Crippen LogP contribution in [0.5, 0.6) is 0 Å². The fourth-order valence-corrected chi connectivity index (χ4v) is 3.67. The Labute approximate surface area is 200 Å². The zero-order valence-electron chi connectivity index (χ0n) is 19.3. The van der Waals surface area contributed by atoms with Crippen molar-refractivity contribution >= 4 is 5.91 Å². The Balaban J connectivity index is 2.12. The third kappa shape index (κ3) is 6.16. The van der Waals surface area contributed by atoms with E-state index in [2.05, 4.69) is 5.32 Å². The molecule has 0 atom stereocenters. The Bertz CT molecular complexity index is 1310. The number of amides is 1. The Morgan fingerprint density at radius 3 is 2.51 bits per heavy atom. The average molecular weight is 483 g/mol. The van der Waals surface area contributed by atoms with Crippen molar-refractivity contribution in [3.05, 3.63) is 92.9 Å². The van der Waals surface area contributed by atoms with Crippen molar-refractivity contribution in [3.63, 3.8) is 0 Å². The van der Waals surface area contributed by atoms with Crippen LogP contribution in [0.3, 0.4) is 0 Å². The SMILES string of the molecule is COCCCNC(=O)c1cn(Cc2ccc(C#N)cc2)c(C)c(-c2cccc(C(F)(F)F)c2)c1=O. The highest BCUT2D eigenvalue weighted by Gasteiger charge is 2.31. The maximum absolute atomic E-state index is 13.4. The van der Waals surface area contributed by atoms with E-state index in [1.54, 1.807) is 35.8 Å². The lowest BCUT2D eigenvalue weighted by Gasteiger charge is -2.18. The molecule has 0 saturated heterocycles. The van der Waals surface area contributed by atoms with Crippen molar-refractivity contribution in [1.29, 1.82) is 5.26 Å². The number of nitrogens with zero attached hydrogens (tertiary/aromatic N) is 2. The zero-order valence-corrected chi connectivity index (χ0v) is 19.3. The number of aromatic nitrogens is 1. The third-order valence-corrected chi connectivity index (χ3v) is 5.52. The number of alkyl halides is 3. The smallest absolute Gasteiger partial charge is 0.385 e. The van der Waals surface area contributed by atoms with Gasteiger partial charge in [-0.2, -0.15) is 18.4 Å². The number of ether oxygens (including phenoxy) is 1. The van der Waals surface area contributed by atoms with Crippen LogP contribution in [0.2, 0.25) is 0 Å². The number of halogens is 3. The molecule has 2 aromatic carbocycles. The van der Waals surface area contributed by atoms with Gasteiger partial charge < -0.3 is 14.6 Å². The van der Waals surface area contributed by atoms with E-state index < -0.39 is 23.1 Å². The minimum Gasteiger partial charge on any atom is -0.385 e. The Kier molecular flexibility index (Phi) is 8.10. The Hall–Kier alpha value is -3.90. The maximum atomic E-state index is 13.4. The summed E-state index contributed by atoms with van der Waals surface area (Å²) in [6, 6.07) is 13.3. The summed E-state index contributed by atoms with van der Waals surface area (Å²) in [6.07, 6.45) is -2.63. The number of hydrogen-bond acceptors (Lipinski definition) is 4. The van der Waals surface area contributed by atoms with Crippen LogP contribution in [0.25, 0.3) is 11.1 Å². The van der Waals surface area contributed by atoms with Gasteiger partial charge in [-0.25, -0.2) is 0 Å². The molecular weight excluding hydrogens is 459 g/mol. The van der Waals surface area contributed by atoms with Gasteiger partial charge in [0.25, 0.3) is 5.91 Å². The lowest BCUT2D eigenvalue weighted by molar-refractivity contribution is -0.137. The lowest BCUT2D eigenvalue weighted by Crippen LogP contribution is -2.32.